The summed E-state index contributed by atoms with van der Waals surface area (Å²) in [5, 5.41) is 27.8. The molecule has 0 aliphatic heterocycles. The van der Waals surface area contributed by atoms with E-state index in [9.17, 15) is 29.7 Å². The second-order valence-electron chi connectivity index (χ2n) is 2.18. The van der Waals surface area contributed by atoms with E-state index in [1.807, 2.05) is 0 Å². The van der Waals surface area contributed by atoms with Crippen molar-refractivity contribution in [2.45, 2.75) is 40.0 Å². The van der Waals surface area contributed by atoms with Gasteiger partial charge in [0, 0.05) is 17.9 Å². The van der Waals surface area contributed by atoms with E-state index in [2.05, 4.69) is 0 Å². The first-order valence-corrected chi connectivity index (χ1v) is 4.41. The first-order chi connectivity index (χ1) is 6.81. The van der Waals surface area contributed by atoms with Gasteiger partial charge in [0.2, 0.25) is 0 Å². The molecule has 0 atom stereocenters. The molecule has 0 spiro atoms. The van der Waals surface area contributed by atoms with Gasteiger partial charge in [0.1, 0.15) is 0 Å². The Hall–Kier alpha value is -0.00558. The van der Waals surface area contributed by atoms with Gasteiger partial charge in [-0.15, -0.1) is 0 Å². The predicted molar refractivity (Wildman–Crippen MR) is 45.9 cm³/mol. The third kappa shape index (κ3) is 65.8. The van der Waals surface area contributed by atoms with Crippen molar-refractivity contribution in [2.24, 2.45) is 0 Å². The van der Waals surface area contributed by atoms with Crippen molar-refractivity contribution in [1.82, 2.24) is 0 Å². The monoisotopic (exact) mass is 372 g/mol. The molecule has 0 radical (unpaired) electrons. The summed E-state index contributed by atoms with van der Waals surface area (Å²) < 4.78 is 0. The van der Waals surface area contributed by atoms with Gasteiger partial charge < -0.3 is 29.7 Å². The third-order valence-electron chi connectivity index (χ3n) is 0.866. The number of carbonyl (C=O) groups is 3. The van der Waals surface area contributed by atoms with E-state index < -0.39 is 17.9 Å². The molecular weight excluding hydrogens is 356 g/mol. The van der Waals surface area contributed by atoms with E-state index >= 15 is 0 Å². The molecular formula is C9H15EuO6. The van der Waals surface area contributed by atoms with Crippen molar-refractivity contribution in [3.05, 3.63) is 0 Å². The molecule has 0 fully saturated rings. The molecule has 0 heterocycles. The zero-order valence-electron chi connectivity index (χ0n) is 9.45. The SMILES string of the molecule is CCC(=O)[O-].CCC(=O)[O-].CCC(=O)[O-].[Eu+3]. The summed E-state index contributed by atoms with van der Waals surface area (Å²) >= 11 is 0. The largest absolute Gasteiger partial charge is 3.00 e. The Morgan fingerprint density at radius 2 is 0.750 bits per heavy atom. The maximum atomic E-state index is 9.26. The van der Waals surface area contributed by atoms with Crippen molar-refractivity contribution >= 4 is 17.9 Å². The Morgan fingerprint density at radius 1 is 0.688 bits per heavy atom. The maximum Gasteiger partial charge on any atom is 3.00 e. The molecule has 0 aliphatic carbocycles. The van der Waals surface area contributed by atoms with Gasteiger partial charge in [-0.3, -0.25) is 0 Å². The van der Waals surface area contributed by atoms with Gasteiger partial charge in [0.15, 0.2) is 0 Å². The van der Waals surface area contributed by atoms with Crippen molar-refractivity contribution < 1.29 is 79.1 Å². The first kappa shape index (κ1) is 25.0. The number of carboxylic acid groups (broad SMARTS) is 3. The van der Waals surface area contributed by atoms with E-state index in [1.165, 1.54) is 20.8 Å². The van der Waals surface area contributed by atoms with Gasteiger partial charge in [-0.1, -0.05) is 20.8 Å². The summed E-state index contributed by atoms with van der Waals surface area (Å²) in [6, 6.07) is 0. The third-order valence-corrected chi connectivity index (χ3v) is 0.866. The second-order valence-corrected chi connectivity index (χ2v) is 2.18. The Balaban J connectivity index is -0.0000000655. The van der Waals surface area contributed by atoms with Crippen LogP contribution in [0.25, 0.3) is 0 Å². The van der Waals surface area contributed by atoms with Crippen LogP contribution in [0.15, 0.2) is 0 Å². The summed E-state index contributed by atoms with van der Waals surface area (Å²) in [6.07, 6.45) is 0.333. The predicted octanol–water partition coefficient (Wildman–Crippen LogP) is -2.56. The average molecular weight is 371 g/mol. The van der Waals surface area contributed by atoms with Crippen LogP contribution in [0.5, 0.6) is 0 Å². The summed E-state index contributed by atoms with van der Waals surface area (Å²) in [5.74, 6) is -2.99. The number of carbonyl (C=O) groups excluding carboxylic acids is 3. The van der Waals surface area contributed by atoms with Gasteiger partial charge in [0.05, 0.1) is 0 Å². The second kappa shape index (κ2) is 20.4. The molecule has 16 heavy (non-hydrogen) atoms. The van der Waals surface area contributed by atoms with Crippen LogP contribution < -0.4 is 15.3 Å². The van der Waals surface area contributed by atoms with Crippen LogP contribution in [0.4, 0.5) is 0 Å². The Morgan fingerprint density at radius 3 is 0.750 bits per heavy atom. The molecule has 0 aliphatic rings. The number of hydrogen-bond acceptors (Lipinski definition) is 6. The molecule has 0 unspecified atom stereocenters. The van der Waals surface area contributed by atoms with E-state index in [1.54, 1.807) is 0 Å². The van der Waals surface area contributed by atoms with Crippen LogP contribution in [0.2, 0.25) is 0 Å². The maximum absolute atomic E-state index is 9.26. The Kier molecular flexibility index (Phi) is 31.9. The van der Waals surface area contributed by atoms with Crippen LogP contribution in [-0.2, 0) is 14.4 Å². The fraction of sp³-hybridized carbons (Fsp3) is 0.667. The molecule has 0 saturated carbocycles. The quantitative estimate of drug-likeness (QED) is 0.538. The molecule has 0 aromatic heterocycles. The molecule has 6 nitrogen and oxygen atoms in total. The fourth-order valence-corrected chi connectivity index (χ4v) is 0. The minimum absolute atomic E-state index is 0. The number of carboxylic acids is 3. The average Bonchev–Trinajstić information content (AvgIpc) is 2.19. The summed E-state index contributed by atoms with van der Waals surface area (Å²) in [5.41, 5.74) is 0. The van der Waals surface area contributed by atoms with Crippen molar-refractivity contribution in [2.75, 3.05) is 0 Å². The molecule has 94 valence electrons. The molecule has 0 bridgehead atoms. The van der Waals surface area contributed by atoms with Crippen LogP contribution >= 0.6 is 0 Å². The van der Waals surface area contributed by atoms with Gasteiger partial charge in [-0.25, -0.2) is 0 Å². The van der Waals surface area contributed by atoms with Crippen molar-refractivity contribution in [3.63, 3.8) is 0 Å². The molecule has 0 aromatic carbocycles. The van der Waals surface area contributed by atoms with E-state index in [0.717, 1.165) is 0 Å². The molecule has 0 amide bonds. The van der Waals surface area contributed by atoms with E-state index in [-0.39, 0.29) is 68.6 Å². The molecule has 0 rings (SSSR count). The number of aliphatic carboxylic acids is 3. The molecule has 0 saturated heterocycles. The van der Waals surface area contributed by atoms with Gasteiger partial charge in [-0.05, 0) is 19.3 Å². The number of hydrogen-bond donors (Lipinski definition) is 0. The standard InChI is InChI=1S/3C3H6O2.Eu/c3*1-2-3(4)5;/h3*2H2,1H3,(H,4,5);/q;;;+3/p-3. The minimum Gasteiger partial charge on any atom is -0.550 e. The van der Waals surface area contributed by atoms with Gasteiger partial charge in [0.25, 0.3) is 0 Å². The zero-order valence-corrected chi connectivity index (χ0v) is 11.9. The normalized spacial score (nSPS) is 6.94. The van der Waals surface area contributed by atoms with Crippen LogP contribution in [0, 0.1) is 49.4 Å². The summed E-state index contributed by atoms with van der Waals surface area (Å²) in [7, 11) is 0. The van der Waals surface area contributed by atoms with E-state index in [4.69, 9.17) is 0 Å². The zero-order chi connectivity index (χ0) is 12.9. The van der Waals surface area contributed by atoms with Crippen LogP contribution in [0.1, 0.15) is 40.0 Å². The summed E-state index contributed by atoms with van der Waals surface area (Å²) in [4.78, 5) is 27.8. The molecule has 0 aromatic rings. The van der Waals surface area contributed by atoms with E-state index in [0.29, 0.717) is 0 Å². The first-order valence-electron chi connectivity index (χ1n) is 4.41. The van der Waals surface area contributed by atoms with Crippen LogP contribution in [0.3, 0.4) is 0 Å². The fourth-order valence-electron chi connectivity index (χ4n) is 0. The Bertz CT molecular complexity index is 159. The number of rotatable bonds is 3. The van der Waals surface area contributed by atoms with Crippen LogP contribution in [-0.4, -0.2) is 17.9 Å². The summed E-state index contributed by atoms with van der Waals surface area (Å²) in [6.45, 7) is 4.61. The Labute approximate surface area is 136 Å². The van der Waals surface area contributed by atoms with Gasteiger partial charge in [-0.2, -0.15) is 0 Å². The van der Waals surface area contributed by atoms with Gasteiger partial charge >= 0.3 is 49.4 Å². The topological polar surface area (TPSA) is 120 Å². The van der Waals surface area contributed by atoms with Crippen molar-refractivity contribution in [1.29, 1.82) is 0 Å². The smallest absolute Gasteiger partial charge is 0.550 e. The molecule has 7 heteroatoms. The minimum atomic E-state index is -0.995. The van der Waals surface area contributed by atoms with Crippen molar-refractivity contribution in [3.8, 4) is 0 Å². The molecule has 0 N–H and O–H groups in total.